The molecule has 122 valence electrons. The molecule has 2 aromatic heterocycles. The maximum atomic E-state index is 11.6. The van der Waals surface area contributed by atoms with Gasteiger partial charge in [-0.3, -0.25) is 4.79 Å². The van der Waals surface area contributed by atoms with Gasteiger partial charge >= 0.3 is 0 Å². The highest BCUT2D eigenvalue weighted by Crippen LogP contribution is 2.10. The molecule has 0 saturated heterocycles. The van der Waals surface area contributed by atoms with Crippen molar-refractivity contribution in [2.45, 2.75) is 13.1 Å². The fraction of sp³-hybridized carbons (Fsp3) is 0.167. The number of nitrogens with one attached hydrogen (secondary N) is 2. The molecule has 0 saturated carbocycles. The molecule has 0 unspecified atom stereocenters. The predicted octanol–water partition coefficient (Wildman–Crippen LogP) is 2.30. The van der Waals surface area contributed by atoms with Crippen molar-refractivity contribution in [3.8, 4) is 0 Å². The Labute approximate surface area is 140 Å². The van der Waals surface area contributed by atoms with Gasteiger partial charge in [0, 0.05) is 32.5 Å². The summed E-state index contributed by atoms with van der Waals surface area (Å²) in [7, 11) is 1.59. The van der Waals surface area contributed by atoms with Crippen molar-refractivity contribution in [1.29, 1.82) is 0 Å². The first kappa shape index (κ1) is 15.7. The van der Waals surface area contributed by atoms with Gasteiger partial charge in [-0.2, -0.15) is 0 Å². The Hall–Kier alpha value is -3.15. The zero-order chi connectivity index (χ0) is 16.8. The summed E-state index contributed by atoms with van der Waals surface area (Å²) in [6, 6.07) is 13.7. The van der Waals surface area contributed by atoms with E-state index in [0.717, 1.165) is 12.1 Å². The Kier molecular flexibility index (Phi) is 4.86. The standard InChI is InChI=1S/C18H19N5O/c1-19-18(24)16-3-2-4-17(22-16)21-11-14-5-7-15(8-6-14)12-23-10-9-20-13-23/h2-10,13H,11-12H2,1H3,(H,19,24)(H,21,22). The molecule has 6 heteroatoms. The number of carbonyl (C=O) groups excluding carboxylic acids is 1. The van der Waals surface area contributed by atoms with Crippen LogP contribution in [0, 0.1) is 0 Å². The van der Waals surface area contributed by atoms with Crippen LogP contribution >= 0.6 is 0 Å². The number of amides is 1. The smallest absolute Gasteiger partial charge is 0.269 e. The van der Waals surface area contributed by atoms with Crippen LogP contribution in [0.4, 0.5) is 5.82 Å². The molecule has 0 fully saturated rings. The monoisotopic (exact) mass is 321 g/mol. The quantitative estimate of drug-likeness (QED) is 0.731. The van der Waals surface area contributed by atoms with Crippen molar-refractivity contribution in [3.63, 3.8) is 0 Å². The average molecular weight is 321 g/mol. The first-order valence-corrected chi connectivity index (χ1v) is 7.71. The number of pyridine rings is 1. The first-order chi connectivity index (χ1) is 11.7. The molecule has 2 N–H and O–H groups in total. The van der Waals surface area contributed by atoms with Crippen LogP contribution in [0.2, 0.25) is 0 Å². The number of hydrogen-bond acceptors (Lipinski definition) is 4. The van der Waals surface area contributed by atoms with E-state index in [2.05, 4.69) is 44.9 Å². The van der Waals surface area contributed by atoms with Crippen LogP contribution in [0.25, 0.3) is 0 Å². The molecular weight excluding hydrogens is 302 g/mol. The van der Waals surface area contributed by atoms with Gasteiger partial charge in [0.1, 0.15) is 11.5 Å². The Balaban J connectivity index is 1.59. The molecule has 3 aromatic rings. The summed E-state index contributed by atoms with van der Waals surface area (Å²) in [5.41, 5.74) is 2.77. The van der Waals surface area contributed by atoms with Gasteiger partial charge in [-0.15, -0.1) is 0 Å². The third-order valence-electron chi connectivity index (χ3n) is 3.63. The molecule has 3 rings (SSSR count). The number of rotatable bonds is 6. The molecule has 0 bridgehead atoms. The highest BCUT2D eigenvalue weighted by molar-refractivity contribution is 5.92. The lowest BCUT2D eigenvalue weighted by Crippen LogP contribution is -2.19. The second kappa shape index (κ2) is 7.41. The van der Waals surface area contributed by atoms with Crippen molar-refractivity contribution in [2.75, 3.05) is 12.4 Å². The number of aromatic nitrogens is 3. The molecule has 2 heterocycles. The van der Waals surface area contributed by atoms with Gasteiger partial charge in [0.15, 0.2) is 0 Å². The topological polar surface area (TPSA) is 71.8 Å². The Morgan fingerprint density at radius 1 is 1.12 bits per heavy atom. The van der Waals surface area contributed by atoms with Crippen molar-refractivity contribution < 1.29 is 4.79 Å². The molecule has 1 amide bonds. The van der Waals surface area contributed by atoms with E-state index >= 15 is 0 Å². The van der Waals surface area contributed by atoms with Crippen molar-refractivity contribution >= 4 is 11.7 Å². The first-order valence-electron chi connectivity index (χ1n) is 7.71. The number of imidazole rings is 1. The predicted molar refractivity (Wildman–Crippen MR) is 92.7 cm³/mol. The summed E-state index contributed by atoms with van der Waals surface area (Å²) in [6.45, 7) is 1.46. The van der Waals surface area contributed by atoms with E-state index in [9.17, 15) is 4.79 Å². The van der Waals surface area contributed by atoms with Crippen LogP contribution < -0.4 is 10.6 Å². The summed E-state index contributed by atoms with van der Waals surface area (Å²) in [6.07, 6.45) is 5.53. The summed E-state index contributed by atoms with van der Waals surface area (Å²) in [5, 5.41) is 5.81. The van der Waals surface area contributed by atoms with Gasteiger partial charge < -0.3 is 15.2 Å². The third kappa shape index (κ3) is 3.98. The van der Waals surface area contributed by atoms with Gasteiger partial charge in [-0.25, -0.2) is 9.97 Å². The van der Waals surface area contributed by atoms with Crippen LogP contribution in [0.5, 0.6) is 0 Å². The lowest BCUT2D eigenvalue weighted by molar-refractivity contribution is 0.0958. The van der Waals surface area contributed by atoms with Crippen LogP contribution in [0.3, 0.4) is 0 Å². The Morgan fingerprint density at radius 2 is 1.92 bits per heavy atom. The SMILES string of the molecule is CNC(=O)c1cccc(NCc2ccc(Cn3ccnc3)cc2)n1. The molecule has 0 aliphatic rings. The zero-order valence-electron chi connectivity index (χ0n) is 13.4. The van der Waals surface area contributed by atoms with Crippen LogP contribution in [-0.4, -0.2) is 27.5 Å². The van der Waals surface area contributed by atoms with Gasteiger partial charge in [0.25, 0.3) is 5.91 Å². The van der Waals surface area contributed by atoms with Gasteiger partial charge in [0.05, 0.1) is 6.33 Å². The fourth-order valence-electron chi connectivity index (χ4n) is 2.33. The summed E-state index contributed by atoms with van der Waals surface area (Å²) in [5.74, 6) is 0.487. The second-order valence-electron chi connectivity index (χ2n) is 5.39. The second-order valence-corrected chi connectivity index (χ2v) is 5.39. The van der Waals surface area contributed by atoms with Gasteiger partial charge in [-0.1, -0.05) is 30.3 Å². The minimum Gasteiger partial charge on any atom is -0.366 e. The van der Waals surface area contributed by atoms with Crippen LogP contribution in [0.1, 0.15) is 21.6 Å². The lowest BCUT2D eigenvalue weighted by Gasteiger charge is -2.08. The Bertz CT molecular complexity index is 797. The molecule has 0 atom stereocenters. The van der Waals surface area contributed by atoms with E-state index < -0.39 is 0 Å². The van der Waals surface area contributed by atoms with Crippen molar-refractivity contribution in [3.05, 3.63) is 78.0 Å². The number of nitrogens with zero attached hydrogens (tertiary/aromatic N) is 3. The Morgan fingerprint density at radius 3 is 2.62 bits per heavy atom. The number of benzene rings is 1. The minimum absolute atomic E-state index is 0.192. The van der Waals surface area contributed by atoms with E-state index in [1.807, 2.05) is 22.9 Å². The normalized spacial score (nSPS) is 10.4. The maximum absolute atomic E-state index is 11.6. The van der Waals surface area contributed by atoms with Crippen LogP contribution in [0.15, 0.2) is 61.2 Å². The van der Waals surface area contributed by atoms with E-state index in [-0.39, 0.29) is 5.91 Å². The number of hydrogen-bond donors (Lipinski definition) is 2. The third-order valence-corrected chi connectivity index (χ3v) is 3.63. The van der Waals surface area contributed by atoms with Gasteiger partial charge in [-0.05, 0) is 23.3 Å². The molecular formula is C18H19N5O. The van der Waals surface area contributed by atoms with Crippen molar-refractivity contribution in [2.24, 2.45) is 0 Å². The molecule has 0 spiro atoms. The zero-order valence-corrected chi connectivity index (χ0v) is 13.4. The van der Waals surface area contributed by atoms with E-state index in [0.29, 0.717) is 18.1 Å². The number of carbonyl (C=O) groups is 1. The van der Waals surface area contributed by atoms with E-state index in [1.165, 1.54) is 5.56 Å². The van der Waals surface area contributed by atoms with Crippen LogP contribution in [-0.2, 0) is 13.1 Å². The lowest BCUT2D eigenvalue weighted by atomic mass is 10.1. The average Bonchev–Trinajstić information content (AvgIpc) is 3.14. The summed E-state index contributed by atoms with van der Waals surface area (Å²) < 4.78 is 2.03. The van der Waals surface area contributed by atoms with Crippen molar-refractivity contribution in [1.82, 2.24) is 19.9 Å². The largest absolute Gasteiger partial charge is 0.366 e. The van der Waals surface area contributed by atoms with Gasteiger partial charge in [0.2, 0.25) is 0 Å². The molecule has 24 heavy (non-hydrogen) atoms. The molecule has 0 aliphatic carbocycles. The molecule has 0 aliphatic heterocycles. The molecule has 1 aromatic carbocycles. The molecule has 0 radical (unpaired) electrons. The highest BCUT2D eigenvalue weighted by atomic mass is 16.1. The summed E-state index contributed by atoms with van der Waals surface area (Å²) in [4.78, 5) is 19.9. The highest BCUT2D eigenvalue weighted by Gasteiger charge is 2.05. The fourth-order valence-corrected chi connectivity index (χ4v) is 2.33. The minimum atomic E-state index is -0.192. The van der Waals surface area contributed by atoms with E-state index in [1.54, 1.807) is 25.6 Å². The summed E-state index contributed by atoms with van der Waals surface area (Å²) >= 11 is 0. The number of anilines is 1. The maximum Gasteiger partial charge on any atom is 0.269 e. The van der Waals surface area contributed by atoms with E-state index in [4.69, 9.17) is 0 Å². The molecule has 6 nitrogen and oxygen atoms in total.